The number of carbonyl (C=O) groups excluding carboxylic acids is 1. The van der Waals surface area contributed by atoms with Crippen molar-refractivity contribution in [2.45, 2.75) is 207 Å². The zero-order valence-electron chi connectivity index (χ0n) is 67.9. The number of aldehydes is 1. The second-order valence-corrected chi connectivity index (χ2v) is 31.6. The van der Waals surface area contributed by atoms with Crippen molar-refractivity contribution in [3.05, 3.63) is 306 Å². The number of hydrogen-bond acceptors (Lipinski definition) is 6. The molecule has 0 aliphatic rings. The fourth-order valence-corrected chi connectivity index (χ4v) is 17.1. The Morgan fingerprint density at radius 3 is 0.757 bits per heavy atom. The molecule has 0 bridgehead atoms. The van der Waals surface area contributed by atoms with Crippen LogP contribution < -0.4 is 86.5 Å². The number of hydrogen-bond donors (Lipinski definition) is 0. The van der Waals surface area contributed by atoms with Crippen molar-refractivity contribution in [2.24, 2.45) is 0 Å². The summed E-state index contributed by atoms with van der Waals surface area (Å²) in [6, 6.07) is 83.2. The largest absolute Gasteiger partial charge is 1.00 e. The maximum absolute atomic E-state index is 10.7. The number of ether oxygens (including phenoxy) is 4. The van der Waals surface area contributed by atoms with Gasteiger partial charge >= 0.3 is 29.6 Å². The van der Waals surface area contributed by atoms with Gasteiger partial charge in [0.15, 0.2) is 0 Å². The summed E-state index contributed by atoms with van der Waals surface area (Å²) < 4.78 is 23.8. The van der Waals surface area contributed by atoms with Gasteiger partial charge in [-0.15, -0.1) is 19.8 Å². The van der Waals surface area contributed by atoms with Crippen LogP contribution in [0, 0.1) is 0 Å². The van der Waals surface area contributed by atoms with E-state index < -0.39 is 7.26 Å². The van der Waals surface area contributed by atoms with E-state index in [0.717, 1.165) is 112 Å². The van der Waals surface area contributed by atoms with Crippen molar-refractivity contribution in [1.29, 1.82) is 0 Å². The minimum Gasteiger partial charge on any atom is -1.00 e. The third-order valence-electron chi connectivity index (χ3n) is 19.2. The molecule has 9 heteroatoms. The monoisotopic (exact) mass is 1580 g/mol. The molecule has 0 radical (unpaired) electrons. The molecule has 0 spiro atoms. The molecule has 0 fully saturated rings. The molecule has 0 aromatic heterocycles. The van der Waals surface area contributed by atoms with E-state index in [1.807, 2.05) is 54.6 Å². The zero-order chi connectivity index (χ0) is 77.0. The number of carbonyl (C=O) groups is 1. The molecule has 0 saturated heterocycles. The van der Waals surface area contributed by atoms with Gasteiger partial charge in [0.1, 0.15) is 52.5 Å². The quantitative estimate of drug-likeness (QED) is 0.00944. The van der Waals surface area contributed by atoms with E-state index >= 15 is 0 Å². The molecule has 0 amide bonds. The first-order valence-corrected chi connectivity index (χ1v) is 43.2. The molecule has 111 heavy (non-hydrogen) atoms. The number of halogens is 1. The van der Waals surface area contributed by atoms with Crippen LogP contribution >= 0.6 is 7.26 Å². The predicted octanol–water partition coefficient (Wildman–Crippen LogP) is 21.1. The van der Waals surface area contributed by atoms with Gasteiger partial charge in [0, 0.05) is 5.56 Å². The normalized spacial score (nSPS) is 10.9. The summed E-state index contributed by atoms with van der Waals surface area (Å²) in [4.78, 5) is 10.7. The van der Waals surface area contributed by atoms with Crippen LogP contribution in [0.2, 0.25) is 0 Å². The number of allylic oxidation sites excluding steroid dienone is 2. The van der Waals surface area contributed by atoms with Crippen LogP contribution in [0.15, 0.2) is 262 Å². The minimum atomic E-state index is -1.87. The van der Waals surface area contributed by atoms with Crippen molar-refractivity contribution >= 4 is 65.9 Å². The van der Waals surface area contributed by atoms with Gasteiger partial charge in [0.25, 0.3) is 0 Å². The Labute approximate surface area is 704 Å². The molecule has 9 aromatic carbocycles. The Balaban J connectivity index is 0.000000350. The van der Waals surface area contributed by atoms with E-state index in [0.29, 0.717) is 5.56 Å². The van der Waals surface area contributed by atoms with Crippen LogP contribution in [-0.2, 0) is 6.16 Å². The van der Waals surface area contributed by atoms with E-state index in [9.17, 15) is 4.79 Å². The van der Waals surface area contributed by atoms with Crippen molar-refractivity contribution in [3.8, 4) is 23.0 Å². The first-order valence-electron chi connectivity index (χ1n) is 41.3. The summed E-state index contributed by atoms with van der Waals surface area (Å²) in [5.41, 5.74) is 8.96. The van der Waals surface area contributed by atoms with Gasteiger partial charge in [-0.25, -0.2) is 0 Å². The summed E-state index contributed by atoms with van der Waals surface area (Å²) in [7, 11) is -1.87. The third-order valence-corrected chi connectivity index (χ3v) is 23.5. The molecule has 9 aromatic rings. The Bertz CT molecular complexity index is 3730. The van der Waals surface area contributed by atoms with Crippen molar-refractivity contribution in [1.82, 2.24) is 0 Å². The maximum Gasteiger partial charge on any atom is 1.00 e. The minimum absolute atomic E-state index is 0. The van der Waals surface area contributed by atoms with Crippen LogP contribution in [0.4, 0.5) is 0 Å². The van der Waals surface area contributed by atoms with Gasteiger partial charge in [-0.2, -0.15) is 0 Å². The number of benzene rings is 9. The predicted molar refractivity (Wildman–Crippen MR) is 473 cm³/mol. The van der Waals surface area contributed by atoms with E-state index in [1.54, 1.807) is 6.92 Å². The van der Waals surface area contributed by atoms with Gasteiger partial charge in [-0.1, -0.05) is 349 Å². The summed E-state index contributed by atoms with van der Waals surface area (Å²) in [5.74, 6) is 3.81. The molecule has 0 aliphatic heterocycles. The zero-order valence-corrected chi connectivity index (χ0v) is 72.4. The molecular weight excluding hydrogens is 1450 g/mol. The van der Waals surface area contributed by atoms with Gasteiger partial charge in [0.05, 0.1) is 32.6 Å². The van der Waals surface area contributed by atoms with Crippen LogP contribution in [0.1, 0.15) is 250 Å². The molecule has 0 unspecified atom stereocenters. The van der Waals surface area contributed by atoms with Gasteiger partial charge < -0.3 is 41.0 Å². The fourth-order valence-electron chi connectivity index (χ4n) is 12.8. The van der Waals surface area contributed by atoms with Crippen molar-refractivity contribution in [3.63, 3.8) is 0 Å². The SMILES string of the molecule is C=CCCCCCCCCOc1ccc(C=Cc2ccc(C=Cc3ccc(OCCCCCCCCC)cc3)cc2)cc1.C=CCCCCCCCCOc1ccc(C=Cc2ccc(C=O)cc2)cc1.CCCCCCCCCOc1ccc(C[P+](c2ccccc2)(c2ccccc2)c2ccccc2)cc1.CC[O-].[Br-].[Na+]. The van der Waals surface area contributed by atoms with E-state index in [2.05, 4.69) is 258 Å². The van der Waals surface area contributed by atoms with Crippen molar-refractivity contribution < 1.29 is 75.4 Å². The van der Waals surface area contributed by atoms with Crippen LogP contribution in [-0.4, -0.2) is 39.3 Å². The standard InChI is InChI=1S/C41H54O2.C34H40OP.C25H30O2.C2H5O.BrH.Na/c1-3-5-7-9-11-13-15-17-35-43-41-32-28-39(29-33-41)25-23-37-20-18-36(19-21-37)22-24-38-26-30-40(31-27-38)42-34-16-14-12-10-8-6-4-2;1-2-3-4-5-6-7-17-28-35-31-26-24-30(25-27-31)29-36(32-18-11-8-12-19-32,33-20-13-9-14-21-33)34-22-15-10-16-23-34;1-2-3-4-5-6-7-8-9-20-27-25-18-16-23(17-19-25)11-10-22-12-14-24(21-26)15-13-22;1-2-3;;/h3,18-33H,1,4-17,34-35H2,2H3;8-16,18-27H,2-7,17,28-29H2,1H3;2,10-19,21H,1,3-9,20H2;2H2,1H3;1H;/q;+1;;-1;;+1/p-1. The Morgan fingerprint density at radius 1 is 0.297 bits per heavy atom. The Hall–Kier alpha value is -7.58. The first kappa shape index (κ1) is 95.8. The van der Waals surface area contributed by atoms with Gasteiger partial charge in [0.2, 0.25) is 0 Å². The first-order chi connectivity index (χ1) is 53.8. The van der Waals surface area contributed by atoms with Crippen LogP contribution in [0.25, 0.3) is 36.5 Å². The molecular formula is C102H129BrNaO6P. The van der Waals surface area contributed by atoms with Crippen LogP contribution in [0.3, 0.4) is 0 Å². The average Bonchev–Trinajstić information content (AvgIpc) is 0.753. The van der Waals surface area contributed by atoms with Crippen LogP contribution in [0.5, 0.6) is 23.0 Å². The molecule has 0 aliphatic carbocycles. The molecule has 0 saturated carbocycles. The van der Waals surface area contributed by atoms with E-state index in [4.69, 9.17) is 24.1 Å². The topological polar surface area (TPSA) is 77.1 Å². The Morgan fingerprint density at radius 2 is 0.514 bits per heavy atom. The summed E-state index contributed by atoms with van der Waals surface area (Å²) in [6.45, 7) is 16.8. The molecule has 9 rings (SSSR count). The number of unbranched alkanes of at least 4 members (excludes halogenated alkanes) is 24. The van der Waals surface area contributed by atoms with Gasteiger partial charge in [-0.05, 0) is 175 Å². The summed E-state index contributed by atoms with van der Waals surface area (Å²) >= 11 is 0. The Kier molecular flexibility index (Phi) is 54.3. The second kappa shape index (κ2) is 62.9. The summed E-state index contributed by atoms with van der Waals surface area (Å²) in [6.07, 6.45) is 54.2. The maximum atomic E-state index is 10.7. The third kappa shape index (κ3) is 41.2. The summed E-state index contributed by atoms with van der Waals surface area (Å²) in [5, 5.41) is 13.2. The van der Waals surface area contributed by atoms with Gasteiger partial charge in [-0.3, -0.25) is 4.79 Å². The molecule has 0 N–H and O–H groups in total. The van der Waals surface area contributed by atoms with Crippen molar-refractivity contribution in [2.75, 3.05) is 33.0 Å². The fraction of sp³-hybridized carbons (Fsp3) is 0.363. The molecule has 586 valence electrons. The molecule has 0 heterocycles. The van der Waals surface area contributed by atoms with E-state index in [1.165, 1.54) is 185 Å². The smallest absolute Gasteiger partial charge is 1.00 e. The second-order valence-electron chi connectivity index (χ2n) is 28.1. The number of rotatable bonds is 50. The molecule has 0 atom stereocenters. The average molecular weight is 1590 g/mol. The molecule has 6 nitrogen and oxygen atoms in total. The van der Waals surface area contributed by atoms with E-state index in [-0.39, 0.29) is 53.1 Å².